The van der Waals surface area contributed by atoms with Crippen molar-refractivity contribution in [3.05, 3.63) is 34.4 Å². The van der Waals surface area contributed by atoms with Gasteiger partial charge in [0.1, 0.15) is 0 Å². The second kappa shape index (κ2) is 5.31. The molecule has 1 N–H and O–H groups in total. The Labute approximate surface area is 115 Å². The maximum atomic E-state index is 13.0. The molecular weight excluding hydrogens is 279 g/mol. The molecule has 0 radical (unpaired) electrons. The molecule has 0 fully saturated rings. The summed E-state index contributed by atoms with van der Waals surface area (Å²) in [6.07, 6.45) is -3.83. The zero-order chi connectivity index (χ0) is 12.8. The summed E-state index contributed by atoms with van der Waals surface area (Å²) in [4.78, 5) is 0. The lowest BCUT2D eigenvalue weighted by Crippen LogP contribution is -2.26. The van der Waals surface area contributed by atoms with Gasteiger partial charge in [0.25, 0.3) is 0 Å². The van der Waals surface area contributed by atoms with E-state index in [4.69, 9.17) is 4.74 Å². The quantitative estimate of drug-likeness (QED) is 0.794. The van der Waals surface area contributed by atoms with Crippen molar-refractivity contribution in [2.45, 2.75) is 25.1 Å². The first-order chi connectivity index (χ1) is 8.57. The van der Waals surface area contributed by atoms with Crippen LogP contribution in [0.1, 0.15) is 28.2 Å². The summed E-state index contributed by atoms with van der Waals surface area (Å²) >= 11 is 0. The van der Waals surface area contributed by atoms with Crippen LogP contribution in [0.2, 0.25) is 0 Å². The van der Waals surface area contributed by atoms with Crippen LogP contribution in [-0.4, -0.2) is 19.7 Å². The van der Waals surface area contributed by atoms with E-state index in [9.17, 15) is 13.2 Å². The summed E-state index contributed by atoms with van der Waals surface area (Å²) in [5.74, 6) is 0.0496. The monoisotopic (exact) mass is 293 g/mol. The first-order valence-electron chi connectivity index (χ1n) is 6.07. The summed E-state index contributed by atoms with van der Waals surface area (Å²) in [6.45, 7) is 2.22. The molecule has 106 valence electrons. The molecule has 1 aromatic rings. The van der Waals surface area contributed by atoms with Crippen molar-refractivity contribution < 1.29 is 17.9 Å². The van der Waals surface area contributed by atoms with E-state index in [1.807, 2.05) is 0 Å². The molecule has 0 amide bonds. The van der Waals surface area contributed by atoms with Crippen LogP contribution in [0.15, 0.2) is 12.1 Å². The Hall–Kier alpha value is -0.780. The van der Waals surface area contributed by atoms with Crippen molar-refractivity contribution in [1.82, 2.24) is 5.32 Å². The van der Waals surface area contributed by atoms with Gasteiger partial charge in [-0.15, -0.1) is 12.4 Å². The SMILES string of the molecule is Cl.FC(F)(F)c1ccc2c3c1CCNCC3COC2. The van der Waals surface area contributed by atoms with Crippen LogP contribution in [-0.2, 0) is 23.9 Å². The minimum Gasteiger partial charge on any atom is -0.376 e. The Kier molecular flexibility index (Phi) is 4.08. The molecule has 2 aliphatic heterocycles. The molecule has 0 bridgehead atoms. The van der Waals surface area contributed by atoms with E-state index in [-0.39, 0.29) is 18.3 Å². The first-order valence-corrected chi connectivity index (χ1v) is 6.07. The number of ether oxygens (including phenoxy) is 1. The van der Waals surface area contributed by atoms with Crippen molar-refractivity contribution in [2.24, 2.45) is 0 Å². The van der Waals surface area contributed by atoms with Crippen molar-refractivity contribution in [3.8, 4) is 0 Å². The van der Waals surface area contributed by atoms with Crippen molar-refractivity contribution >= 4 is 12.4 Å². The van der Waals surface area contributed by atoms with Gasteiger partial charge in [-0.2, -0.15) is 13.2 Å². The van der Waals surface area contributed by atoms with Crippen LogP contribution in [0.3, 0.4) is 0 Å². The van der Waals surface area contributed by atoms with Gasteiger partial charge >= 0.3 is 6.18 Å². The molecule has 0 saturated heterocycles. The number of rotatable bonds is 0. The fourth-order valence-electron chi connectivity index (χ4n) is 2.93. The van der Waals surface area contributed by atoms with E-state index in [1.165, 1.54) is 6.07 Å². The van der Waals surface area contributed by atoms with E-state index in [2.05, 4.69) is 5.32 Å². The summed E-state index contributed by atoms with van der Waals surface area (Å²) in [5, 5.41) is 3.19. The number of benzene rings is 1. The Morgan fingerprint density at radius 2 is 2.05 bits per heavy atom. The van der Waals surface area contributed by atoms with Gasteiger partial charge in [-0.1, -0.05) is 6.07 Å². The zero-order valence-electron chi connectivity index (χ0n) is 10.2. The maximum Gasteiger partial charge on any atom is 0.416 e. The van der Waals surface area contributed by atoms with Crippen LogP contribution < -0.4 is 5.32 Å². The molecule has 2 heterocycles. The minimum atomic E-state index is -4.27. The second-order valence-corrected chi connectivity index (χ2v) is 4.83. The van der Waals surface area contributed by atoms with Gasteiger partial charge in [-0.05, 0) is 35.7 Å². The highest BCUT2D eigenvalue weighted by Gasteiger charge is 2.37. The Bertz CT molecular complexity index is 476. The molecule has 0 saturated carbocycles. The largest absolute Gasteiger partial charge is 0.416 e. The predicted octanol–water partition coefficient (Wildman–Crippen LogP) is 2.89. The summed E-state index contributed by atoms with van der Waals surface area (Å²) in [5.41, 5.74) is 1.79. The van der Waals surface area contributed by atoms with Crippen LogP contribution in [0.4, 0.5) is 13.2 Å². The molecule has 1 unspecified atom stereocenters. The summed E-state index contributed by atoms with van der Waals surface area (Å²) in [7, 11) is 0. The van der Waals surface area contributed by atoms with Gasteiger partial charge in [0.2, 0.25) is 0 Å². The van der Waals surface area contributed by atoms with Crippen LogP contribution in [0.5, 0.6) is 0 Å². The molecule has 1 aromatic carbocycles. The van der Waals surface area contributed by atoms with Gasteiger partial charge < -0.3 is 10.1 Å². The Balaban J connectivity index is 0.00000133. The van der Waals surface area contributed by atoms with Crippen molar-refractivity contribution in [1.29, 1.82) is 0 Å². The average molecular weight is 294 g/mol. The molecule has 0 spiro atoms. The number of hydrogen-bond acceptors (Lipinski definition) is 2. The summed E-state index contributed by atoms with van der Waals surface area (Å²) < 4.78 is 44.6. The fraction of sp³-hybridized carbons (Fsp3) is 0.538. The Morgan fingerprint density at radius 3 is 2.79 bits per heavy atom. The molecule has 19 heavy (non-hydrogen) atoms. The van der Waals surface area contributed by atoms with Crippen LogP contribution >= 0.6 is 12.4 Å². The van der Waals surface area contributed by atoms with Gasteiger partial charge in [0.05, 0.1) is 18.8 Å². The first kappa shape index (κ1) is 14.6. The third-order valence-corrected chi connectivity index (χ3v) is 3.68. The standard InChI is InChI=1S/C13H14F3NO.ClH/c14-13(15,16)11-2-1-8-6-18-7-9-5-17-4-3-10(11)12(8)9;/h1-2,9,17H,3-7H2;1H. The molecule has 2 nitrogen and oxygen atoms in total. The van der Waals surface area contributed by atoms with Crippen molar-refractivity contribution in [3.63, 3.8) is 0 Å². The lowest BCUT2D eigenvalue weighted by Gasteiger charge is -2.28. The van der Waals surface area contributed by atoms with E-state index in [0.29, 0.717) is 38.3 Å². The number of nitrogens with one attached hydrogen (secondary N) is 1. The number of halogens is 4. The zero-order valence-corrected chi connectivity index (χ0v) is 11.0. The highest BCUT2D eigenvalue weighted by Crippen LogP contribution is 2.39. The highest BCUT2D eigenvalue weighted by atomic mass is 35.5. The smallest absolute Gasteiger partial charge is 0.376 e. The highest BCUT2D eigenvalue weighted by molar-refractivity contribution is 5.85. The molecule has 6 heteroatoms. The topological polar surface area (TPSA) is 21.3 Å². The Morgan fingerprint density at radius 1 is 1.26 bits per heavy atom. The molecule has 0 aliphatic carbocycles. The fourth-order valence-corrected chi connectivity index (χ4v) is 2.93. The van der Waals surface area contributed by atoms with Gasteiger partial charge in [-0.3, -0.25) is 0 Å². The molecule has 1 atom stereocenters. The van der Waals surface area contributed by atoms with E-state index >= 15 is 0 Å². The number of alkyl halides is 3. The number of hydrogen-bond donors (Lipinski definition) is 1. The lowest BCUT2D eigenvalue weighted by atomic mass is 9.85. The van der Waals surface area contributed by atoms with Crippen molar-refractivity contribution in [2.75, 3.05) is 19.7 Å². The third kappa shape index (κ3) is 2.59. The second-order valence-electron chi connectivity index (χ2n) is 4.83. The maximum absolute atomic E-state index is 13.0. The van der Waals surface area contributed by atoms with E-state index in [0.717, 1.165) is 11.1 Å². The normalized spacial score (nSPS) is 22.2. The van der Waals surface area contributed by atoms with Gasteiger partial charge in [0.15, 0.2) is 0 Å². The molecule has 3 rings (SSSR count). The molecule has 2 aliphatic rings. The lowest BCUT2D eigenvalue weighted by molar-refractivity contribution is -0.138. The summed E-state index contributed by atoms with van der Waals surface area (Å²) in [6, 6.07) is 2.77. The van der Waals surface area contributed by atoms with Gasteiger partial charge in [-0.25, -0.2) is 0 Å². The third-order valence-electron chi connectivity index (χ3n) is 3.68. The van der Waals surface area contributed by atoms with Crippen LogP contribution in [0, 0.1) is 0 Å². The minimum absolute atomic E-state index is 0. The van der Waals surface area contributed by atoms with Gasteiger partial charge in [0, 0.05) is 12.5 Å². The molecular formula is C13H15ClF3NO. The van der Waals surface area contributed by atoms with Crippen LogP contribution in [0.25, 0.3) is 0 Å². The average Bonchev–Trinajstić information content (AvgIpc) is 2.53. The van der Waals surface area contributed by atoms with E-state index < -0.39 is 11.7 Å². The van der Waals surface area contributed by atoms with E-state index in [1.54, 1.807) is 6.07 Å². The predicted molar refractivity (Wildman–Crippen MR) is 67.7 cm³/mol. The molecule has 0 aromatic heterocycles.